The molecule has 0 saturated carbocycles. The first-order valence-electron chi connectivity index (χ1n) is 16.1. The largest absolute Gasteiger partial charge is 3.00 e. The van der Waals surface area contributed by atoms with Crippen LogP contribution in [0, 0.1) is 54.2 Å². The van der Waals surface area contributed by atoms with Crippen LogP contribution in [0.2, 0.25) is 0 Å². The van der Waals surface area contributed by atoms with Gasteiger partial charge in [0.25, 0.3) is 34.4 Å². The molecule has 0 unspecified atom stereocenters. The number of hydrogen-bond donors (Lipinski definition) is 3. The van der Waals surface area contributed by atoms with Crippen molar-refractivity contribution in [2.45, 2.75) is 0 Å². The van der Waals surface area contributed by atoms with E-state index in [1.807, 2.05) is 0 Å². The fourth-order valence-electron chi connectivity index (χ4n) is 5.79. The number of nitrogens with zero attached hydrogens (tertiary/aromatic N) is 4. The van der Waals surface area contributed by atoms with Crippen LogP contribution in [-0.4, -0.2) is 76.1 Å². The van der Waals surface area contributed by atoms with Gasteiger partial charge in [0.1, 0.15) is 17.1 Å². The van der Waals surface area contributed by atoms with Gasteiger partial charge >= 0.3 is 38.6 Å². The van der Waals surface area contributed by atoms with E-state index < -0.39 is 51.5 Å². The summed E-state index contributed by atoms with van der Waals surface area (Å²) in [6, 6.07) is 23.0. The molecule has 0 saturated heterocycles. The number of fused-ring (bicyclic) bond motifs is 3. The second-order valence-corrected chi connectivity index (χ2v) is 11.8. The van der Waals surface area contributed by atoms with Crippen LogP contribution in [0.4, 0.5) is 0 Å². The molecule has 0 aliphatic heterocycles. The van der Waals surface area contributed by atoms with Gasteiger partial charge in [-0.2, -0.15) is 0 Å². The predicted molar refractivity (Wildman–Crippen MR) is 194 cm³/mol. The first kappa shape index (κ1) is 38.6. The van der Waals surface area contributed by atoms with Crippen molar-refractivity contribution in [2.24, 2.45) is 0 Å². The summed E-state index contributed by atoms with van der Waals surface area (Å²) in [5.74, 6) is -2.39. The van der Waals surface area contributed by atoms with E-state index in [1.165, 1.54) is 36.4 Å². The van der Waals surface area contributed by atoms with Crippen molar-refractivity contribution < 1.29 is 53.0 Å². The van der Waals surface area contributed by atoms with Crippen molar-refractivity contribution in [3.05, 3.63) is 155 Å². The van der Waals surface area contributed by atoms with Crippen LogP contribution in [-0.2, 0) is 0 Å². The van der Waals surface area contributed by atoms with Crippen LogP contribution >= 0.6 is 0 Å². The molecule has 0 aliphatic carbocycles. The molecule has 0 radical (unpaired) electrons. The second-order valence-electron chi connectivity index (χ2n) is 11.8. The number of rotatable bonds is 12. The van der Waals surface area contributed by atoms with E-state index in [2.05, 4.69) is 16.0 Å². The zero-order valence-electron chi connectivity index (χ0n) is 27.7. The molecule has 272 valence electrons. The first-order chi connectivity index (χ1) is 25.0. The van der Waals surface area contributed by atoms with Crippen LogP contribution in [0.15, 0.2) is 105 Å². The molecule has 0 atom stereocenters. The Morgan fingerprint density at radius 3 is 1.04 bits per heavy atom. The molecule has 6 rings (SSSR count). The monoisotopic (exact) mass is 863 g/mol. The molecule has 53 heavy (non-hydrogen) atoms. The Morgan fingerprint density at radius 1 is 0.491 bits per heavy atom. The SMILES string of the molecule is O=C(NCCN(CCNC(=O)c1cc2ccccc2c(=O)n1[O-])CCNC(=O)c1cc2ccccc2c(=O)n1[O-])c1cc2ccccc2c(=O)n1[O-].[Tb+3]. The molecule has 0 aliphatic rings. The number of aromatic nitrogens is 3. The van der Waals surface area contributed by atoms with Gasteiger partial charge in [0.15, 0.2) is 0 Å². The zero-order valence-corrected chi connectivity index (χ0v) is 29.8. The molecule has 3 amide bonds. The van der Waals surface area contributed by atoms with E-state index in [9.17, 15) is 44.4 Å². The Kier molecular flexibility index (Phi) is 12.2. The number of amides is 3. The Labute approximate surface area is 330 Å². The summed E-state index contributed by atoms with van der Waals surface area (Å²) in [5.41, 5.74) is -3.81. The number of benzene rings is 3. The van der Waals surface area contributed by atoms with Crippen molar-refractivity contribution in [1.29, 1.82) is 0 Å². The smallest absolute Gasteiger partial charge is 0.803 e. The summed E-state index contributed by atoms with van der Waals surface area (Å²) in [4.78, 5) is 78.1. The average molecular weight is 864 g/mol. The molecule has 3 heterocycles. The van der Waals surface area contributed by atoms with Crippen LogP contribution < -0.4 is 32.6 Å². The third-order valence-electron chi connectivity index (χ3n) is 8.50. The van der Waals surface area contributed by atoms with Crippen molar-refractivity contribution in [2.75, 3.05) is 39.3 Å². The summed E-state index contributed by atoms with van der Waals surface area (Å²) in [6.07, 6.45) is 0. The minimum Gasteiger partial charge on any atom is -0.803 e. The molecular formula is C36H30N7O9Tb. The molecule has 3 aromatic carbocycles. The Morgan fingerprint density at radius 2 is 0.755 bits per heavy atom. The summed E-state index contributed by atoms with van der Waals surface area (Å²) in [6.45, 7) is 0.280. The van der Waals surface area contributed by atoms with E-state index in [4.69, 9.17) is 0 Å². The van der Waals surface area contributed by atoms with E-state index >= 15 is 0 Å². The van der Waals surface area contributed by atoms with Gasteiger partial charge in [-0.1, -0.05) is 54.6 Å². The molecule has 0 fully saturated rings. The maximum atomic E-state index is 13.0. The summed E-state index contributed by atoms with van der Waals surface area (Å²) in [7, 11) is 0. The summed E-state index contributed by atoms with van der Waals surface area (Å²) < 4.78 is 0.0574. The van der Waals surface area contributed by atoms with Gasteiger partial charge in [-0.25, -0.2) is 0 Å². The molecule has 0 bridgehead atoms. The van der Waals surface area contributed by atoms with E-state index in [0.717, 1.165) is 0 Å². The normalized spacial score (nSPS) is 11.0. The number of carbonyl (C=O) groups is 3. The van der Waals surface area contributed by atoms with Crippen molar-refractivity contribution in [1.82, 2.24) is 35.0 Å². The predicted octanol–water partition coefficient (Wildman–Crippen LogP) is 1.56. The standard InChI is InChI=1S/C36H30N7O9.Tb/c44-31(28-19-22-7-1-4-10-25(22)34(47)41(28)50)37-13-16-40(17-14-38-32(45)29-20-23-8-2-5-11-26(23)35(48)42(29)51)18-15-39-33(46)30-21-24-9-3-6-12-27(24)36(49)43(30)52;/h1-12,19-21H,13-18H2,(H,37,44)(H,38,45)(H,39,46);/q-3;+3. The van der Waals surface area contributed by atoms with Gasteiger partial charge in [-0.05, 0) is 52.6 Å². The average Bonchev–Trinajstić information content (AvgIpc) is 3.15. The van der Waals surface area contributed by atoms with Crippen LogP contribution in [0.5, 0.6) is 0 Å². The van der Waals surface area contributed by atoms with Gasteiger partial charge in [-0.3, -0.25) is 33.7 Å². The number of carbonyl (C=O) groups excluding carboxylic acids is 3. The van der Waals surface area contributed by atoms with Crippen LogP contribution in [0.1, 0.15) is 31.5 Å². The summed E-state index contributed by atoms with van der Waals surface area (Å²) in [5, 5.41) is 47.3. The Bertz CT molecular complexity index is 2270. The molecule has 0 spiro atoms. The number of hydrogen-bond acceptors (Lipinski definition) is 10. The molecule has 17 heteroatoms. The summed E-state index contributed by atoms with van der Waals surface area (Å²) >= 11 is 0. The fourth-order valence-corrected chi connectivity index (χ4v) is 5.79. The minimum absolute atomic E-state index is 0. The van der Waals surface area contributed by atoms with Gasteiger partial charge in [-0.15, -0.1) is 0 Å². The van der Waals surface area contributed by atoms with E-state index in [0.29, 0.717) is 16.2 Å². The Balaban J connectivity index is 0.00000541. The van der Waals surface area contributed by atoms with Crippen LogP contribution in [0.3, 0.4) is 0 Å². The molecular weight excluding hydrogens is 833 g/mol. The maximum absolute atomic E-state index is 13.0. The number of pyridine rings is 3. The molecule has 3 N–H and O–H groups in total. The van der Waals surface area contributed by atoms with Gasteiger partial charge in [0, 0.05) is 55.4 Å². The van der Waals surface area contributed by atoms with E-state index in [-0.39, 0.29) is 108 Å². The van der Waals surface area contributed by atoms with Gasteiger partial charge < -0.3 is 45.8 Å². The number of nitrogens with one attached hydrogen (secondary N) is 3. The fraction of sp³-hybridized carbons (Fsp3) is 0.167. The third-order valence-corrected chi connectivity index (χ3v) is 8.50. The quantitative estimate of drug-likeness (QED) is 0.161. The topological polar surface area (TPSA) is 226 Å². The van der Waals surface area contributed by atoms with Crippen LogP contribution in [0.25, 0.3) is 32.3 Å². The van der Waals surface area contributed by atoms with Crippen molar-refractivity contribution >= 4 is 50.0 Å². The first-order valence-corrected chi connectivity index (χ1v) is 16.1. The Hall–Kier alpha value is -5.65. The van der Waals surface area contributed by atoms with Crippen molar-refractivity contribution in [3.8, 4) is 0 Å². The van der Waals surface area contributed by atoms with Gasteiger partial charge in [0.2, 0.25) is 0 Å². The minimum atomic E-state index is -0.874. The maximum Gasteiger partial charge on any atom is 3.00 e. The zero-order chi connectivity index (χ0) is 36.9. The second kappa shape index (κ2) is 16.8. The molecule has 16 nitrogen and oxygen atoms in total. The third kappa shape index (κ3) is 8.21. The van der Waals surface area contributed by atoms with Gasteiger partial charge in [0.05, 0.1) is 0 Å². The molecule has 6 aromatic rings. The van der Waals surface area contributed by atoms with Crippen molar-refractivity contribution in [3.63, 3.8) is 0 Å². The molecule has 3 aromatic heterocycles. The van der Waals surface area contributed by atoms with E-state index in [1.54, 1.807) is 59.5 Å².